The van der Waals surface area contributed by atoms with Crippen LogP contribution in [0.4, 0.5) is 0 Å². The van der Waals surface area contributed by atoms with E-state index in [1.54, 1.807) is 6.92 Å². The van der Waals surface area contributed by atoms with Gasteiger partial charge in [-0.25, -0.2) is 4.79 Å². The van der Waals surface area contributed by atoms with Crippen molar-refractivity contribution in [3.8, 4) is 0 Å². The number of hydrogen-bond donors (Lipinski definition) is 2. The number of halogens is 1. The molecule has 1 unspecified atom stereocenters. The van der Waals surface area contributed by atoms with Gasteiger partial charge in [0.1, 0.15) is 0 Å². The lowest BCUT2D eigenvalue weighted by molar-refractivity contribution is -0.137. The predicted octanol–water partition coefficient (Wildman–Crippen LogP) is 0.445. The van der Waals surface area contributed by atoms with Gasteiger partial charge in [0, 0.05) is 0 Å². The first-order chi connectivity index (χ1) is 4.63. The summed E-state index contributed by atoms with van der Waals surface area (Å²) in [7, 11) is 0. The lowest BCUT2D eigenvalue weighted by Crippen LogP contribution is -2.18. The first-order valence-electron chi connectivity index (χ1n) is 2.68. The molecule has 0 aromatic heterocycles. The Hall–Kier alpha value is -0.740. The molecule has 1 heterocycles. The van der Waals surface area contributed by atoms with Crippen molar-refractivity contribution in [3.05, 3.63) is 10.8 Å². The molecule has 0 aromatic carbocycles. The highest BCUT2D eigenvalue weighted by atomic mass is 35.5. The number of rotatable bonds is 1. The van der Waals surface area contributed by atoms with E-state index in [9.17, 15) is 4.79 Å². The van der Waals surface area contributed by atoms with Crippen molar-refractivity contribution in [3.63, 3.8) is 0 Å². The van der Waals surface area contributed by atoms with Crippen molar-refractivity contribution in [1.29, 1.82) is 0 Å². The zero-order valence-electron chi connectivity index (χ0n) is 5.22. The summed E-state index contributed by atoms with van der Waals surface area (Å²) in [6.07, 6.45) is 0. The Labute approximate surface area is 62.4 Å². The van der Waals surface area contributed by atoms with E-state index in [0.29, 0.717) is 0 Å². The molecular formula is C5H6ClNO3. The zero-order chi connectivity index (χ0) is 7.72. The topological polar surface area (TPSA) is 58.6 Å². The summed E-state index contributed by atoms with van der Waals surface area (Å²) in [5, 5.41) is 8.60. The van der Waals surface area contributed by atoms with Gasteiger partial charge in [-0.15, -0.1) is 5.48 Å². The Kier molecular flexibility index (Phi) is 1.82. The van der Waals surface area contributed by atoms with Gasteiger partial charge in [-0.2, -0.15) is 0 Å². The number of carboxylic acids is 1. The van der Waals surface area contributed by atoms with Gasteiger partial charge >= 0.3 is 5.97 Å². The maximum atomic E-state index is 10.3. The quantitative estimate of drug-likeness (QED) is 0.589. The minimum absolute atomic E-state index is 0.201. The average molecular weight is 164 g/mol. The number of carboxylic acid groups (broad SMARTS) is 1. The summed E-state index contributed by atoms with van der Waals surface area (Å²) in [5.41, 5.74) is 2.41. The van der Waals surface area contributed by atoms with Gasteiger partial charge in [-0.3, -0.25) is 0 Å². The second kappa shape index (κ2) is 2.48. The maximum absolute atomic E-state index is 10.3. The maximum Gasteiger partial charge on any atom is 0.375 e. The standard InChI is InChI=1S/C5H6ClNO3/c1-2-3(6)4(5(8)9)10-7-2/h2,7H,1H3,(H,8,9). The first-order valence-corrected chi connectivity index (χ1v) is 3.06. The third-order valence-corrected chi connectivity index (χ3v) is 1.63. The Morgan fingerprint density at radius 2 is 2.50 bits per heavy atom. The van der Waals surface area contributed by atoms with E-state index >= 15 is 0 Å². The Morgan fingerprint density at radius 3 is 2.70 bits per heavy atom. The van der Waals surface area contributed by atoms with Gasteiger partial charge in [-0.1, -0.05) is 11.6 Å². The lowest BCUT2D eigenvalue weighted by Gasteiger charge is -1.97. The van der Waals surface area contributed by atoms with E-state index in [0.717, 1.165) is 0 Å². The van der Waals surface area contributed by atoms with Crippen molar-refractivity contribution >= 4 is 17.6 Å². The van der Waals surface area contributed by atoms with Crippen molar-refractivity contribution in [2.24, 2.45) is 0 Å². The van der Waals surface area contributed by atoms with E-state index in [4.69, 9.17) is 16.7 Å². The van der Waals surface area contributed by atoms with Crippen LogP contribution in [0.3, 0.4) is 0 Å². The van der Waals surface area contributed by atoms with E-state index in [1.165, 1.54) is 0 Å². The average Bonchev–Trinajstić information content (AvgIpc) is 2.14. The van der Waals surface area contributed by atoms with Gasteiger partial charge in [0.25, 0.3) is 0 Å². The number of hydrogen-bond acceptors (Lipinski definition) is 3. The fourth-order valence-electron chi connectivity index (χ4n) is 0.590. The number of hydroxylamine groups is 1. The Morgan fingerprint density at radius 1 is 1.90 bits per heavy atom. The van der Waals surface area contributed by atoms with Crippen LogP contribution in [-0.4, -0.2) is 17.1 Å². The van der Waals surface area contributed by atoms with Crippen LogP contribution in [-0.2, 0) is 9.63 Å². The molecule has 4 nitrogen and oxygen atoms in total. The molecule has 0 aliphatic carbocycles. The smallest absolute Gasteiger partial charge is 0.375 e. The van der Waals surface area contributed by atoms with Crippen LogP contribution in [0.15, 0.2) is 10.8 Å². The van der Waals surface area contributed by atoms with Gasteiger partial charge in [0.15, 0.2) is 0 Å². The summed E-state index contributed by atoms with van der Waals surface area (Å²) >= 11 is 5.53. The largest absolute Gasteiger partial charge is 0.475 e. The molecule has 0 spiro atoms. The highest BCUT2D eigenvalue weighted by molar-refractivity contribution is 6.32. The molecule has 0 saturated carbocycles. The third kappa shape index (κ3) is 1.08. The number of nitrogens with one attached hydrogen (secondary N) is 1. The molecule has 10 heavy (non-hydrogen) atoms. The molecule has 1 atom stereocenters. The molecule has 0 saturated heterocycles. The molecule has 0 radical (unpaired) electrons. The Bertz CT molecular complexity index is 201. The first kappa shape index (κ1) is 7.37. The molecule has 0 aromatic rings. The van der Waals surface area contributed by atoms with Crippen LogP contribution in [0, 0.1) is 0 Å². The monoisotopic (exact) mass is 163 g/mol. The molecule has 1 rings (SSSR count). The van der Waals surface area contributed by atoms with Crippen LogP contribution >= 0.6 is 11.6 Å². The minimum atomic E-state index is -1.15. The lowest BCUT2D eigenvalue weighted by atomic mass is 10.3. The Balaban J connectivity index is 2.85. The van der Waals surface area contributed by atoms with E-state index in [2.05, 4.69) is 10.3 Å². The molecule has 2 N–H and O–H groups in total. The molecule has 5 heteroatoms. The summed E-state index contributed by atoms with van der Waals surface area (Å²) in [4.78, 5) is 14.8. The molecule has 1 aliphatic heterocycles. The summed E-state index contributed by atoms with van der Waals surface area (Å²) < 4.78 is 0. The van der Waals surface area contributed by atoms with Crippen LogP contribution in [0.5, 0.6) is 0 Å². The van der Waals surface area contributed by atoms with Crippen LogP contribution < -0.4 is 5.48 Å². The minimum Gasteiger partial charge on any atom is -0.475 e. The number of carbonyl (C=O) groups is 1. The summed E-state index contributed by atoms with van der Waals surface area (Å²) in [5.74, 6) is -1.36. The summed E-state index contributed by atoms with van der Waals surface area (Å²) in [6.45, 7) is 1.71. The van der Waals surface area contributed by atoms with E-state index in [-0.39, 0.29) is 16.8 Å². The highest BCUT2D eigenvalue weighted by Crippen LogP contribution is 2.20. The summed E-state index contributed by atoms with van der Waals surface area (Å²) in [6, 6.07) is -0.229. The molecular weight excluding hydrogens is 158 g/mol. The SMILES string of the molecule is CC1NOC(C(=O)O)=C1Cl. The van der Waals surface area contributed by atoms with Gasteiger partial charge in [0.05, 0.1) is 11.1 Å². The fourth-order valence-corrected chi connectivity index (χ4v) is 0.754. The second-order valence-electron chi connectivity index (χ2n) is 1.92. The molecule has 0 fully saturated rings. The normalized spacial score (nSPS) is 24.8. The van der Waals surface area contributed by atoms with E-state index in [1.807, 2.05) is 0 Å². The van der Waals surface area contributed by atoms with Crippen LogP contribution in [0.2, 0.25) is 0 Å². The molecule has 0 amide bonds. The molecule has 0 bridgehead atoms. The van der Waals surface area contributed by atoms with Crippen LogP contribution in [0.25, 0.3) is 0 Å². The van der Waals surface area contributed by atoms with Crippen molar-refractivity contribution in [2.75, 3.05) is 0 Å². The molecule has 1 aliphatic rings. The fraction of sp³-hybridized carbons (Fsp3) is 0.400. The van der Waals surface area contributed by atoms with Crippen LogP contribution in [0.1, 0.15) is 6.92 Å². The number of aliphatic carboxylic acids is 1. The van der Waals surface area contributed by atoms with Gasteiger partial charge in [0.2, 0.25) is 5.76 Å². The molecule has 56 valence electrons. The van der Waals surface area contributed by atoms with Crippen molar-refractivity contribution < 1.29 is 14.7 Å². The highest BCUT2D eigenvalue weighted by Gasteiger charge is 2.26. The van der Waals surface area contributed by atoms with Crippen molar-refractivity contribution in [2.45, 2.75) is 13.0 Å². The predicted molar refractivity (Wildman–Crippen MR) is 34.2 cm³/mol. The van der Waals surface area contributed by atoms with Gasteiger partial charge < -0.3 is 9.94 Å². The van der Waals surface area contributed by atoms with Crippen molar-refractivity contribution in [1.82, 2.24) is 5.48 Å². The third-order valence-electron chi connectivity index (χ3n) is 1.13. The van der Waals surface area contributed by atoms with Gasteiger partial charge in [-0.05, 0) is 6.92 Å². The second-order valence-corrected chi connectivity index (χ2v) is 2.33. The van der Waals surface area contributed by atoms with E-state index < -0.39 is 5.97 Å². The zero-order valence-corrected chi connectivity index (χ0v) is 5.97.